The average Bonchev–Trinajstić information content (AvgIpc) is 3.57. The molecule has 0 atom stereocenters. The minimum Gasteiger partial charge on any atom is -0.376 e. The van der Waals surface area contributed by atoms with Gasteiger partial charge in [0.25, 0.3) is 0 Å². The first-order valence-electron chi connectivity index (χ1n) is 10.6. The minimum absolute atomic E-state index is 0.857. The fourth-order valence-corrected chi connectivity index (χ4v) is 4.59. The van der Waals surface area contributed by atoms with Crippen LogP contribution >= 0.6 is 11.3 Å². The maximum atomic E-state index is 4.63. The van der Waals surface area contributed by atoms with Crippen LogP contribution in [0.3, 0.4) is 0 Å². The fraction of sp³-hybridized carbons (Fsp3) is 0.115. The summed E-state index contributed by atoms with van der Waals surface area (Å²) in [5.41, 5.74) is 10.1. The maximum Gasteiger partial charge on any atom is 0.116 e. The number of hydrogen-bond donors (Lipinski definition) is 2. The third-order valence-electron chi connectivity index (χ3n) is 5.66. The normalized spacial score (nSPS) is 11.8. The van der Waals surface area contributed by atoms with Gasteiger partial charge in [-0.3, -0.25) is 15.1 Å². The van der Waals surface area contributed by atoms with Crippen molar-refractivity contribution in [2.75, 3.05) is 19.0 Å². The monoisotopic (exact) mass is 452 g/mol. The topological polar surface area (TPSA) is 73.5 Å². The van der Waals surface area contributed by atoms with Crippen LogP contribution in [-0.4, -0.2) is 39.2 Å². The Labute approximate surface area is 196 Å². The first-order valence-corrected chi connectivity index (χ1v) is 11.5. The van der Waals surface area contributed by atoms with Gasteiger partial charge in [-0.15, -0.1) is 0 Å². The zero-order valence-electron chi connectivity index (χ0n) is 18.8. The van der Waals surface area contributed by atoms with Crippen molar-refractivity contribution in [1.29, 1.82) is 0 Å². The third kappa shape index (κ3) is 3.87. The molecule has 33 heavy (non-hydrogen) atoms. The molecule has 5 aromatic heterocycles. The second-order valence-corrected chi connectivity index (χ2v) is 8.84. The Morgan fingerprint density at radius 2 is 2.03 bits per heavy atom. The maximum absolute atomic E-state index is 4.63. The number of allylic oxidation sites excluding steroid dienone is 2. The van der Waals surface area contributed by atoms with E-state index in [4.69, 9.17) is 0 Å². The summed E-state index contributed by atoms with van der Waals surface area (Å²) in [4.78, 5) is 14.6. The molecule has 0 aliphatic heterocycles. The van der Waals surface area contributed by atoms with Gasteiger partial charge in [-0.2, -0.15) is 16.4 Å². The van der Waals surface area contributed by atoms with Gasteiger partial charge in [0, 0.05) is 42.5 Å². The van der Waals surface area contributed by atoms with Crippen molar-refractivity contribution in [3.05, 3.63) is 89.2 Å². The van der Waals surface area contributed by atoms with E-state index >= 15 is 0 Å². The molecule has 6 nitrogen and oxygen atoms in total. The molecule has 0 aliphatic carbocycles. The number of rotatable bonds is 6. The van der Waals surface area contributed by atoms with Crippen LogP contribution in [0.2, 0.25) is 0 Å². The number of thiophene rings is 1. The van der Waals surface area contributed by atoms with Gasteiger partial charge in [-0.05, 0) is 53.1 Å². The van der Waals surface area contributed by atoms with Gasteiger partial charge >= 0.3 is 0 Å². The number of aryl methyl sites for hydroxylation is 1. The van der Waals surface area contributed by atoms with Crippen LogP contribution in [0, 0.1) is 6.92 Å². The van der Waals surface area contributed by atoms with E-state index in [1.54, 1.807) is 11.3 Å². The summed E-state index contributed by atoms with van der Waals surface area (Å²) in [6.45, 7) is 5.99. The number of nitrogens with zero attached hydrogens (tertiary/aromatic N) is 4. The Kier molecular flexibility index (Phi) is 5.40. The van der Waals surface area contributed by atoms with Crippen LogP contribution in [0.1, 0.15) is 16.8 Å². The summed E-state index contributed by atoms with van der Waals surface area (Å²) in [7, 11) is 4.00. The van der Waals surface area contributed by atoms with E-state index < -0.39 is 0 Å². The van der Waals surface area contributed by atoms with Crippen LogP contribution in [0.4, 0.5) is 5.69 Å². The zero-order valence-corrected chi connectivity index (χ0v) is 19.6. The van der Waals surface area contributed by atoms with Crippen molar-refractivity contribution >= 4 is 33.5 Å². The van der Waals surface area contributed by atoms with Crippen LogP contribution in [0.15, 0.2) is 72.3 Å². The van der Waals surface area contributed by atoms with Crippen molar-refractivity contribution < 1.29 is 0 Å². The van der Waals surface area contributed by atoms with Crippen molar-refractivity contribution in [1.82, 2.24) is 25.1 Å². The molecular weight excluding hydrogens is 428 g/mol. The SMILES string of the molecule is C=C/C=C(/c1ccsc1)c1cc(-c2n[nH]c3cnc(-c4cncc(N(C)C)c4)cc23)[nH]c1C. The Balaban J connectivity index is 1.60. The van der Waals surface area contributed by atoms with Crippen molar-refractivity contribution in [2.45, 2.75) is 6.92 Å². The molecule has 7 heteroatoms. The number of anilines is 1. The Hall–Kier alpha value is -3.97. The molecule has 0 amide bonds. The summed E-state index contributed by atoms with van der Waals surface area (Å²) >= 11 is 1.69. The molecule has 0 bridgehead atoms. The Morgan fingerprint density at radius 3 is 2.79 bits per heavy atom. The predicted molar refractivity (Wildman–Crippen MR) is 138 cm³/mol. The van der Waals surface area contributed by atoms with Crippen LogP contribution in [0.25, 0.3) is 39.1 Å². The van der Waals surface area contributed by atoms with E-state index in [-0.39, 0.29) is 0 Å². The van der Waals surface area contributed by atoms with Gasteiger partial charge in [0.1, 0.15) is 5.69 Å². The lowest BCUT2D eigenvalue weighted by atomic mass is 10.00. The molecular formula is C26H24N6S. The lowest BCUT2D eigenvalue weighted by molar-refractivity contribution is 1.11. The molecule has 164 valence electrons. The number of aromatic nitrogens is 5. The summed E-state index contributed by atoms with van der Waals surface area (Å²) < 4.78 is 0. The Bertz CT molecular complexity index is 1470. The second kappa shape index (κ2) is 8.52. The lowest BCUT2D eigenvalue weighted by Gasteiger charge is -2.12. The molecule has 5 rings (SSSR count). The van der Waals surface area contributed by atoms with Crippen molar-refractivity contribution in [3.63, 3.8) is 0 Å². The number of aromatic amines is 2. The summed E-state index contributed by atoms with van der Waals surface area (Å²) in [6.07, 6.45) is 9.39. The molecule has 5 aromatic rings. The molecule has 0 fully saturated rings. The van der Waals surface area contributed by atoms with E-state index in [2.05, 4.69) is 79.8 Å². The van der Waals surface area contributed by atoms with E-state index in [1.807, 2.05) is 43.7 Å². The third-order valence-corrected chi connectivity index (χ3v) is 6.34. The highest BCUT2D eigenvalue weighted by Gasteiger charge is 2.17. The number of hydrogen-bond acceptors (Lipinski definition) is 5. The van der Waals surface area contributed by atoms with Crippen molar-refractivity contribution in [3.8, 4) is 22.6 Å². The molecule has 0 saturated heterocycles. The quantitative estimate of drug-likeness (QED) is 0.307. The standard InChI is InChI=1S/C26H24N6S/c1-5-6-20(17-7-8-33-15-17)21-10-24(29-16(21)2)26-22-11-23(28-14-25(22)30-31-26)18-9-19(32(3)4)13-27-12-18/h5-15,29H,1H2,2-4H3,(H,30,31)/b20-6-. The lowest BCUT2D eigenvalue weighted by Crippen LogP contribution is -2.08. The molecule has 2 N–H and O–H groups in total. The molecule has 5 heterocycles. The molecule has 0 saturated carbocycles. The highest BCUT2D eigenvalue weighted by Crippen LogP contribution is 2.34. The molecule has 0 aromatic carbocycles. The molecule has 0 radical (unpaired) electrons. The van der Waals surface area contributed by atoms with Crippen LogP contribution < -0.4 is 4.90 Å². The van der Waals surface area contributed by atoms with E-state index in [9.17, 15) is 0 Å². The fourth-order valence-electron chi connectivity index (χ4n) is 3.93. The first-order chi connectivity index (χ1) is 16.0. The summed E-state index contributed by atoms with van der Waals surface area (Å²) in [5, 5.41) is 13.0. The predicted octanol–water partition coefficient (Wildman–Crippen LogP) is 6.07. The van der Waals surface area contributed by atoms with Crippen LogP contribution in [0.5, 0.6) is 0 Å². The highest BCUT2D eigenvalue weighted by molar-refractivity contribution is 7.08. The van der Waals surface area contributed by atoms with Gasteiger partial charge in [0.15, 0.2) is 0 Å². The number of pyridine rings is 2. The summed E-state index contributed by atoms with van der Waals surface area (Å²) in [5.74, 6) is 0. The smallest absolute Gasteiger partial charge is 0.116 e. The minimum atomic E-state index is 0.857. The summed E-state index contributed by atoms with van der Waals surface area (Å²) in [6, 6.07) is 8.45. The van der Waals surface area contributed by atoms with E-state index in [0.717, 1.165) is 56.1 Å². The van der Waals surface area contributed by atoms with E-state index in [0.29, 0.717) is 0 Å². The van der Waals surface area contributed by atoms with Gasteiger partial charge in [-0.25, -0.2) is 0 Å². The Morgan fingerprint density at radius 1 is 1.15 bits per heavy atom. The number of H-pyrrole nitrogens is 2. The number of fused-ring (bicyclic) bond motifs is 1. The highest BCUT2D eigenvalue weighted by atomic mass is 32.1. The zero-order chi connectivity index (χ0) is 22.9. The van der Waals surface area contributed by atoms with Gasteiger partial charge in [0.2, 0.25) is 0 Å². The van der Waals surface area contributed by atoms with E-state index in [1.165, 1.54) is 5.56 Å². The second-order valence-electron chi connectivity index (χ2n) is 8.06. The van der Waals surface area contributed by atoms with Crippen LogP contribution in [-0.2, 0) is 0 Å². The largest absolute Gasteiger partial charge is 0.376 e. The molecule has 0 unspecified atom stereocenters. The number of nitrogens with one attached hydrogen (secondary N) is 2. The first kappa shape index (κ1) is 20.9. The molecule has 0 aliphatic rings. The van der Waals surface area contributed by atoms with Gasteiger partial charge < -0.3 is 9.88 Å². The van der Waals surface area contributed by atoms with Crippen molar-refractivity contribution in [2.24, 2.45) is 0 Å². The van der Waals surface area contributed by atoms with Gasteiger partial charge in [0.05, 0.1) is 35.0 Å². The average molecular weight is 453 g/mol. The molecule has 0 spiro atoms. The van der Waals surface area contributed by atoms with Gasteiger partial charge in [-0.1, -0.05) is 18.7 Å².